The highest BCUT2D eigenvalue weighted by Gasteiger charge is 2.34. The van der Waals surface area contributed by atoms with Crippen molar-refractivity contribution in [3.8, 4) is 11.5 Å². The standard InChI is InChI=1S/C15H15N3O3/c1-9-5-4-8-16-12(9)13-17-14(21-18-13)10-6-2-3-7-11(10)15(19)20/h2-5,8,10-11H,6-7H2,1H3,(H,19,20)/t10-,11+/m1/s1. The zero-order valence-electron chi connectivity index (χ0n) is 11.6. The molecule has 0 aromatic carbocycles. The minimum Gasteiger partial charge on any atom is -0.481 e. The molecule has 21 heavy (non-hydrogen) atoms. The van der Waals surface area contributed by atoms with E-state index >= 15 is 0 Å². The number of aliphatic carboxylic acids is 1. The van der Waals surface area contributed by atoms with Gasteiger partial charge in [-0.2, -0.15) is 4.98 Å². The van der Waals surface area contributed by atoms with Crippen molar-refractivity contribution in [3.05, 3.63) is 41.9 Å². The quantitative estimate of drug-likeness (QED) is 0.872. The van der Waals surface area contributed by atoms with E-state index in [0.717, 1.165) is 5.56 Å². The molecule has 3 rings (SSSR count). The highest BCUT2D eigenvalue weighted by Crippen LogP contribution is 2.34. The van der Waals surface area contributed by atoms with Crippen molar-refractivity contribution in [1.29, 1.82) is 0 Å². The molecule has 1 N–H and O–H groups in total. The normalized spacial score (nSPS) is 21.4. The number of carboxylic acids is 1. The van der Waals surface area contributed by atoms with Gasteiger partial charge in [-0.05, 0) is 31.4 Å². The average molecular weight is 285 g/mol. The summed E-state index contributed by atoms with van der Waals surface area (Å²) in [5.41, 5.74) is 1.61. The van der Waals surface area contributed by atoms with Crippen molar-refractivity contribution >= 4 is 5.97 Å². The number of pyridine rings is 1. The zero-order valence-corrected chi connectivity index (χ0v) is 11.6. The van der Waals surface area contributed by atoms with Crippen molar-refractivity contribution in [1.82, 2.24) is 15.1 Å². The summed E-state index contributed by atoms with van der Waals surface area (Å²) >= 11 is 0. The first-order chi connectivity index (χ1) is 10.2. The van der Waals surface area contributed by atoms with E-state index in [1.807, 2.05) is 31.2 Å². The van der Waals surface area contributed by atoms with Crippen LogP contribution >= 0.6 is 0 Å². The zero-order chi connectivity index (χ0) is 14.8. The monoisotopic (exact) mass is 285 g/mol. The van der Waals surface area contributed by atoms with Gasteiger partial charge in [0.25, 0.3) is 0 Å². The van der Waals surface area contributed by atoms with Gasteiger partial charge in [-0.25, -0.2) is 0 Å². The van der Waals surface area contributed by atoms with Gasteiger partial charge >= 0.3 is 5.97 Å². The number of aryl methyl sites for hydroxylation is 1. The second-order valence-electron chi connectivity index (χ2n) is 5.12. The van der Waals surface area contributed by atoms with Crippen molar-refractivity contribution in [3.63, 3.8) is 0 Å². The second kappa shape index (κ2) is 5.47. The first kappa shape index (κ1) is 13.5. The highest BCUT2D eigenvalue weighted by atomic mass is 16.5. The largest absolute Gasteiger partial charge is 0.481 e. The van der Waals surface area contributed by atoms with Crippen LogP contribution in [-0.4, -0.2) is 26.2 Å². The number of hydrogen-bond acceptors (Lipinski definition) is 5. The van der Waals surface area contributed by atoms with Crippen LogP contribution in [0.4, 0.5) is 0 Å². The third-order valence-electron chi connectivity index (χ3n) is 3.73. The molecule has 1 aliphatic rings. The fourth-order valence-corrected chi connectivity index (χ4v) is 2.56. The molecule has 0 saturated carbocycles. The van der Waals surface area contributed by atoms with Crippen LogP contribution in [-0.2, 0) is 4.79 Å². The summed E-state index contributed by atoms with van der Waals surface area (Å²) < 4.78 is 5.30. The molecule has 0 aliphatic heterocycles. The molecule has 6 heteroatoms. The van der Waals surface area contributed by atoms with E-state index < -0.39 is 11.9 Å². The second-order valence-corrected chi connectivity index (χ2v) is 5.12. The number of carbonyl (C=O) groups is 1. The Kier molecular flexibility index (Phi) is 3.51. The lowest BCUT2D eigenvalue weighted by atomic mass is 9.83. The summed E-state index contributed by atoms with van der Waals surface area (Å²) in [6, 6.07) is 3.76. The van der Waals surface area contributed by atoms with Gasteiger partial charge in [-0.3, -0.25) is 9.78 Å². The lowest BCUT2D eigenvalue weighted by Crippen LogP contribution is -2.23. The van der Waals surface area contributed by atoms with Gasteiger partial charge in [0.05, 0.1) is 11.8 Å². The maximum atomic E-state index is 11.3. The van der Waals surface area contributed by atoms with E-state index in [2.05, 4.69) is 15.1 Å². The number of allylic oxidation sites excluding steroid dienone is 2. The summed E-state index contributed by atoms with van der Waals surface area (Å²) in [6.07, 6.45) is 6.59. The number of carboxylic acid groups (broad SMARTS) is 1. The van der Waals surface area contributed by atoms with Crippen molar-refractivity contribution in [2.45, 2.75) is 25.7 Å². The molecule has 0 saturated heterocycles. The Hall–Kier alpha value is -2.50. The van der Waals surface area contributed by atoms with Gasteiger partial charge in [0.2, 0.25) is 11.7 Å². The number of rotatable bonds is 3. The fourth-order valence-electron chi connectivity index (χ4n) is 2.56. The van der Waals surface area contributed by atoms with Crippen LogP contribution in [0.15, 0.2) is 35.0 Å². The molecule has 0 bridgehead atoms. The van der Waals surface area contributed by atoms with Gasteiger partial charge < -0.3 is 9.63 Å². The Morgan fingerprint density at radius 2 is 2.19 bits per heavy atom. The van der Waals surface area contributed by atoms with Crippen LogP contribution < -0.4 is 0 Å². The molecule has 2 heterocycles. The van der Waals surface area contributed by atoms with Crippen molar-refractivity contribution in [2.75, 3.05) is 0 Å². The van der Waals surface area contributed by atoms with E-state index in [9.17, 15) is 9.90 Å². The fraction of sp³-hybridized carbons (Fsp3) is 0.333. The third kappa shape index (κ3) is 2.56. The first-order valence-electron chi connectivity index (χ1n) is 6.80. The molecule has 0 spiro atoms. The molecule has 2 atom stereocenters. The van der Waals surface area contributed by atoms with Crippen LogP contribution in [0.1, 0.15) is 30.2 Å². The van der Waals surface area contributed by atoms with Crippen LogP contribution in [0.25, 0.3) is 11.5 Å². The first-order valence-corrected chi connectivity index (χ1v) is 6.80. The van der Waals surface area contributed by atoms with Crippen LogP contribution in [0.2, 0.25) is 0 Å². The van der Waals surface area contributed by atoms with E-state index in [4.69, 9.17) is 4.52 Å². The lowest BCUT2D eigenvalue weighted by Gasteiger charge is -2.21. The van der Waals surface area contributed by atoms with Crippen LogP contribution in [0.5, 0.6) is 0 Å². The molecular weight excluding hydrogens is 270 g/mol. The predicted octanol–water partition coefficient (Wildman–Crippen LogP) is 2.57. The summed E-state index contributed by atoms with van der Waals surface area (Å²) in [5.74, 6) is -0.863. The van der Waals surface area contributed by atoms with Gasteiger partial charge in [0.1, 0.15) is 5.69 Å². The Morgan fingerprint density at radius 1 is 1.38 bits per heavy atom. The van der Waals surface area contributed by atoms with Gasteiger partial charge in [-0.15, -0.1) is 0 Å². The van der Waals surface area contributed by atoms with E-state index in [1.165, 1.54) is 0 Å². The van der Waals surface area contributed by atoms with E-state index in [1.54, 1.807) is 6.20 Å². The lowest BCUT2D eigenvalue weighted by molar-refractivity contribution is -0.142. The number of aromatic nitrogens is 3. The summed E-state index contributed by atoms with van der Waals surface area (Å²) in [5, 5.41) is 13.3. The van der Waals surface area contributed by atoms with Crippen LogP contribution in [0.3, 0.4) is 0 Å². The van der Waals surface area contributed by atoms with Gasteiger partial charge in [0.15, 0.2) is 0 Å². The average Bonchev–Trinajstić information content (AvgIpc) is 2.97. The third-order valence-corrected chi connectivity index (χ3v) is 3.73. The minimum atomic E-state index is -0.835. The smallest absolute Gasteiger partial charge is 0.307 e. The SMILES string of the molecule is Cc1cccnc1-c1noc([C@@H]2CC=CC[C@@H]2C(=O)O)n1. The molecule has 0 amide bonds. The Balaban J connectivity index is 1.93. The Labute approximate surface area is 121 Å². The summed E-state index contributed by atoms with van der Waals surface area (Å²) in [4.78, 5) is 19.9. The summed E-state index contributed by atoms with van der Waals surface area (Å²) in [7, 11) is 0. The maximum absolute atomic E-state index is 11.3. The van der Waals surface area contributed by atoms with Gasteiger partial charge in [-0.1, -0.05) is 23.4 Å². The van der Waals surface area contributed by atoms with E-state index in [-0.39, 0.29) is 5.92 Å². The molecule has 0 fully saturated rings. The predicted molar refractivity (Wildman–Crippen MR) is 74.5 cm³/mol. The van der Waals surface area contributed by atoms with Crippen LogP contribution in [0, 0.1) is 12.8 Å². The van der Waals surface area contributed by atoms with Crippen molar-refractivity contribution in [2.24, 2.45) is 5.92 Å². The molecule has 0 unspecified atom stereocenters. The topological polar surface area (TPSA) is 89.1 Å². The Morgan fingerprint density at radius 3 is 2.95 bits per heavy atom. The van der Waals surface area contributed by atoms with Gasteiger partial charge in [0, 0.05) is 6.20 Å². The minimum absolute atomic E-state index is 0.280. The van der Waals surface area contributed by atoms with E-state index in [0.29, 0.717) is 30.3 Å². The maximum Gasteiger partial charge on any atom is 0.307 e. The Bertz CT molecular complexity index is 693. The summed E-state index contributed by atoms with van der Waals surface area (Å²) in [6.45, 7) is 1.92. The molecule has 1 aliphatic carbocycles. The molecule has 108 valence electrons. The number of hydrogen-bond donors (Lipinski definition) is 1. The molecule has 2 aromatic heterocycles. The molecular formula is C15H15N3O3. The van der Waals surface area contributed by atoms with Crippen molar-refractivity contribution < 1.29 is 14.4 Å². The molecule has 6 nitrogen and oxygen atoms in total. The molecule has 2 aromatic rings. The molecule has 0 radical (unpaired) electrons. The number of nitrogens with zero attached hydrogens (tertiary/aromatic N) is 3. The highest BCUT2D eigenvalue weighted by molar-refractivity contribution is 5.71.